The largest absolute Gasteiger partial charge is 0.485 e. The van der Waals surface area contributed by atoms with Crippen molar-refractivity contribution in [2.45, 2.75) is 31.7 Å². The first kappa shape index (κ1) is 21.6. The van der Waals surface area contributed by atoms with Crippen molar-refractivity contribution in [2.24, 2.45) is 0 Å². The van der Waals surface area contributed by atoms with E-state index in [0.717, 1.165) is 6.07 Å². The number of H-pyrrole nitrogens is 1. The van der Waals surface area contributed by atoms with Gasteiger partial charge in [0.1, 0.15) is 12.4 Å². The summed E-state index contributed by atoms with van der Waals surface area (Å²) in [6.45, 7) is -3.69. The van der Waals surface area contributed by atoms with E-state index >= 15 is 0 Å². The number of amides is 1. The minimum Gasteiger partial charge on any atom is -0.485 e. The number of anilines is 1. The van der Waals surface area contributed by atoms with E-state index in [0.29, 0.717) is 16.9 Å². The summed E-state index contributed by atoms with van der Waals surface area (Å²) in [5.41, 5.74) is 0.120. The number of aromatic nitrogens is 2. The molecule has 1 aliphatic rings. The summed E-state index contributed by atoms with van der Waals surface area (Å²) in [5.74, 6) is -0.854. The van der Waals surface area contributed by atoms with Crippen molar-refractivity contribution in [1.82, 2.24) is 10.2 Å². The Morgan fingerprint density at radius 1 is 1.12 bits per heavy atom. The molecule has 1 unspecified atom stereocenters. The molecule has 0 saturated carbocycles. The van der Waals surface area contributed by atoms with E-state index in [1.165, 1.54) is 36.5 Å². The first-order chi connectivity index (χ1) is 15.2. The van der Waals surface area contributed by atoms with Crippen LogP contribution in [0.5, 0.6) is 11.5 Å². The molecule has 1 amide bonds. The van der Waals surface area contributed by atoms with Crippen molar-refractivity contribution in [3.8, 4) is 11.5 Å². The number of fused-ring (bicyclic) bond motifs is 1. The highest BCUT2D eigenvalue weighted by molar-refractivity contribution is 5.94. The van der Waals surface area contributed by atoms with Crippen LogP contribution in [-0.4, -0.2) is 22.7 Å². The number of hydrogen-bond acceptors (Lipinski definition) is 4. The van der Waals surface area contributed by atoms with Crippen LogP contribution in [-0.2, 0) is 17.6 Å². The Morgan fingerprint density at radius 3 is 2.66 bits per heavy atom. The number of carbonyl (C=O) groups is 1. The average molecular weight is 453 g/mol. The van der Waals surface area contributed by atoms with Crippen LogP contribution in [0.1, 0.15) is 34.6 Å². The quantitative estimate of drug-likeness (QED) is 0.511. The number of ether oxygens (including phenoxy) is 2. The average Bonchev–Trinajstić information content (AvgIpc) is 3.19. The number of alkyl halides is 5. The van der Waals surface area contributed by atoms with Crippen molar-refractivity contribution in [2.75, 3.05) is 5.32 Å². The number of nitrogens with one attached hydrogen (secondary N) is 2. The maximum absolute atomic E-state index is 13.2. The Labute approximate surface area is 178 Å². The van der Waals surface area contributed by atoms with Gasteiger partial charge in [-0.3, -0.25) is 9.89 Å². The topological polar surface area (TPSA) is 76.2 Å². The number of benzene rings is 2. The molecule has 0 saturated heterocycles. The Balaban J connectivity index is 1.63. The molecule has 32 heavy (non-hydrogen) atoms. The molecule has 0 fully saturated rings. The Hall–Kier alpha value is -3.63. The summed E-state index contributed by atoms with van der Waals surface area (Å²) < 4.78 is 75.6. The van der Waals surface area contributed by atoms with E-state index in [1.54, 1.807) is 6.07 Å². The number of carbonyl (C=O) groups excluding carboxylic acids is 1. The molecule has 2 N–H and O–H groups in total. The zero-order valence-electron chi connectivity index (χ0n) is 16.2. The zero-order chi connectivity index (χ0) is 22.9. The molecule has 1 atom stereocenters. The molecule has 0 aliphatic carbocycles. The molecule has 6 nitrogen and oxygen atoms in total. The monoisotopic (exact) mass is 453 g/mol. The summed E-state index contributed by atoms with van der Waals surface area (Å²) in [7, 11) is 0. The molecule has 2 heterocycles. The van der Waals surface area contributed by atoms with E-state index in [4.69, 9.17) is 4.74 Å². The van der Waals surface area contributed by atoms with Crippen LogP contribution >= 0.6 is 0 Å². The van der Waals surface area contributed by atoms with Gasteiger partial charge in [0.25, 0.3) is 0 Å². The second kappa shape index (κ2) is 8.48. The SMILES string of the molecule is O=C1CC(c2ccc(OCc3ccccc3C(F)(F)F)c(OC(F)F)c2)c2cn[nH]c2N1. The van der Waals surface area contributed by atoms with Crippen molar-refractivity contribution in [3.05, 3.63) is 70.9 Å². The summed E-state index contributed by atoms with van der Waals surface area (Å²) in [6, 6.07) is 8.98. The minimum atomic E-state index is -4.59. The molecular weight excluding hydrogens is 437 g/mol. The van der Waals surface area contributed by atoms with Crippen molar-refractivity contribution >= 4 is 11.7 Å². The van der Waals surface area contributed by atoms with Gasteiger partial charge in [0.05, 0.1) is 11.8 Å². The third-order valence-corrected chi connectivity index (χ3v) is 4.99. The second-order valence-corrected chi connectivity index (χ2v) is 7.03. The van der Waals surface area contributed by atoms with Gasteiger partial charge in [-0.2, -0.15) is 27.1 Å². The smallest absolute Gasteiger partial charge is 0.416 e. The molecule has 0 radical (unpaired) electrons. The lowest BCUT2D eigenvalue weighted by Gasteiger charge is -2.23. The molecule has 0 bridgehead atoms. The van der Waals surface area contributed by atoms with E-state index < -0.39 is 30.9 Å². The maximum atomic E-state index is 13.2. The lowest BCUT2D eigenvalue weighted by atomic mass is 9.87. The standard InChI is InChI=1S/C21H16F5N3O3/c22-20(23)32-17-7-11(13-8-18(30)28-19-14(13)9-27-29-19)5-6-16(17)31-10-12-3-1-2-4-15(12)21(24,25)26/h1-7,9,13,20H,8,10H2,(H2,27,28,29,30). The number of rotatable bonds is 6. The first-order valence-corrected chi connectivity index (χ1v) is 9.42. The van der Waals surface area contributed by atoms with Gasteiger partial charge in [-0.15, -0.1) is 0 Å². The Morgan fingerprint density at radius 2 is 1.91 bits per heavy atom. The lowest BCUT2D eigenvalue weighted by Crippen LogP contribution is -2.23. The normalized spacial score (nSPS) is 15.9. The van der Waals surface area contributed by atoms with Crippen LogP contribution < -0.4 is 14.8 Å². The summed E-state index contributed by atoms with van der Waals surface area (Å²) in [6.07, 6.45) is -3.01. The third-order valence-electron chi connectivity index (χ3n) is 4.99. The predicted octanol–water partition coefficient (Wildman–Crippen LogP) is 5.08. The van der Waals surface area contributed by atoms with Gasteiger partial charge in [0, 0.05) is 23.5 Å². The molecule has 0 spiro atoms. The van der Waals surface area contributed by atoms with Crippen molar-refractivity contribution in [1.29, 1.82) is 0 Å². The first-order valence-electron chi connectivity index (χ1n) is 9.42. The summed E-state index contributed by atoms with van der Waals surface area (Å²) >= 11 is 0. The van der Waals surface area contributed by atoms with Crippen LogP contribution in [0, 0.1) is 0 Å². The molecule has 4 rings (SSSR count). The highest BCUT2D eigenvalue weighted by Crippen LogP contribution is 2.40. The minimum absolute atomic E-state index is 0.0554. The summed E-state index contributed by atoms with van der Waals surface area (Å²) in [4.78, 5) is 12.0. The molecule has 1 aliphatic heterocycles. The van der Waals surface area contributed by atoms with Gasteiger partial charge in [0.15, 0.2) is 11.5 Å². The van der Waals surface area contributed by atoms with Gasteiger partial charge in [-0.25, -0.2) is 0 Å². The summed E-state index contributed by atoms with van der Waals surface area (Å²) in [5, 5.41) is 9.17. The van der Waals surface area contributed by atoms with E-state index in [9.17, 15) is 26.7 Å². The van der Waals surface area contributed by atoms with E-state index in [-0.39, 0.29) is 29.4 Å². The van der Waals surface area contributed by atoms with Gasteiger partial charge >= 0.3 is 12.8 Å². The Bertz CT molecular complexity index is 1130. The van der Waals surface area contributed by atoms with Crippen molar-refractivity contribution in [3.63, 3.8) is 0 Å². The predicted molar refractivity (Wildman–Crippen MR) is 103 cm³/mol. The fourth-order valence-corrected chi connectivity index (χ4v) is 3.57. The van der Waals surface area contributed by atoms with Crippen molar-refractivity contribution < 1.29 is 36.2 Å². The fraction of sp³-hybridized carbons (Fsp3) is 0.238. The highest BCUT2D eigenvalue weighted by atomic mass is 19.4. The van der Waals surface area contributed by atoms with Crippen LogP contribution in [0.15, 0.2) is 48.7 Å². The third kappa shape index (κ3) is 4.51. The number of aromatic amines is 1. The zero-order valence-corrected chi connectivity index (χ0v) is 16.2. The van der Waals surface area contributed by atoms with Gasteiger partial charge < -0.3 is 14.8 Å². The molecule has 1 aromatic heterocycles. The maximum Gasteiger partial charge on any atom is 0.416 e. The highest BCUT2D eigenvalue weighted by Gasteiger charge is 2.33. The van der Waals surface area contributed by atoms with Crippen LogP contribution in [0.3, 0.4) is 0 Å². The van der Waals surface area contributed by atoms with Gasteiger partial charge in [-0.1, -0.05) is 24.3 Å². The van der Waals surface area contributed by atoms with E-state index in [2.05, 4.69) is 20.3 Å². The number of halogens is 5. The lowest BCUT2D eigenvalue weighted by molar-refractivity contribution is -0.138. The number of nitrogens with zero attached hydrogens (tertiary/aromatic N) is 1. The van der Waals surface area contributed by atoms with Crippen LogP contribution in [0.4, 0.5) is 27.8 Å². The second-order valence-electron chi connectivity index (χ2n) is 7.03. The molecule has 3 aromatic rings. The molecule has 2 aromatic carbocycles. The van der Waals surface area contributed by atoms with Gasteiger partial charge in [-0.05, 0) is 23.8 Å². The van der Waals surface area contributed by atoms with E-state index in [1.807, 2.05) is 0 Å². The Kier molecular flexibility index (Phi) is 5.72. The van der Waals surface area contributed by atoms with Gasteiger partial charge in [0.2, 0.25) is 5.91 Å². The van der Waals surface area contributed by atoms with Crippen LogP contribution in [0.2, 0.25) is 0 Å². The molecule has 168 valence electrons. The fourth-order valence-electron chi connectivity index (χ4n) is 3.57. The molecule has 11 heteroatoms. The molecular formula is C21H16F5N3O3. The van der Waals surface area contributed by atoms with Crippen LogP contribution in [0.25, 0.3) is 0 Å². The number of hydrogen-bond donors (Lipinski definition) is 2.